The molecule has 0 fully saturated rings. The highest BCUT2D eigenvalue weighted by molar-refractivity contribution is 5.98. The molecule has 27 heavy (non-hydrogen) atoms. The van der Waals surface area contributed by atoms with E-state index in [9.17, 15) is 14.0 Å². The van der Waals surface area contributed by atoms with Crippen molar-refractivity contribution in [2.24, 2.45) is 0 Å². The van der Waals surface area contributed by atoms with Crippen molar-refractivity contribution in [2.75, 3.05) is 18.0 Å². The largest absolute Gasteiger partial charge is 0.354 e. The third kappa shape index (κ3) is 5.39. The molecule has 0 saturated carbocycles. The third-order valence-electron chi connectivity index (χ3n) is 4.52. The monoisotopic (exact) mass is 370 g/mol. The number of anilines is 1. The van der Waals surface area contributed by atoms with E-state index in [0.29, 0.717) is 18.5 Å². The van der Waals surface area contributed by atoms with Crippen LogP contribution in [-0.2, 0) is 16.0 Å². The molecule has 2 aromatic carbocycles. The molecule has 5 heteroatoms. The van der Waals surface area contributed by atoms with Gasteiger partial charge in [0.2, 0.25) is 11.8 Å². The first-order chi connectivity index (χ1) is 12.8. The van der Waals surface area contributed by atoms with Gasteiger partial charge in [-0.15, -0.1) is 0 Å². The van der Waals surface area contributed by atoms with Gasteiger partial charge in [0, 0.05) is 13.5 Å². The van der Waals surface area contributed by atoms with Gasteiger partial charge in [0.05, 0.1) is 5.69 Å². The summed E-state index contributed by atoms with van der Waals surface area (Å²) in [4.78, 5) is 26.2. The number of hydrogen-bond acceptors (Lipinski definition) is 2. The lowest BCUT2D eigenvalue weighted by Crippen LogP contribution is -2.41. The van der Waals surface area contributed by atoms with E-state index in [0.717, 1.165) is 16.8 Å². The Morgan fingerprint density at radius 3 is 2.44 bits per heavy atom. The van der Waals surface area contributed by atoms with Crippen LogP contribution in [-0.4, -0.2) is 24.9 Å². The van der Waals surface area contributed by atoms with Crippen LogP contribution in [0.25, 0.3) is 0 Å². The van der Waals surface area contributed by atoms with Gasteiger partial charge in [-0.3, -0.25) is 9.59 Å². The minimum Gasteiger partial charge on any atom is -0.354 e. The molecule has 0 unspecified atom stereocenters. The fourth-order valence-corrected chi connectivity index (χ4v) is 3.10. The predicted molar refractivity (Wildman–Crippen MR) is 106 cm³/mol. The summed E-state index contributed by atoms with van der Waals surface area (Å²) < 4.78 is 13.7. The Balaban J connectivity index is 2.08. The standard InChI is InChI=1S/C22H27FN2O2/c1-15(2)19-10-7-8-16(3)22(19)25(17(4)26)14-21(27)24-13-12-18-9-5-6-11-20(18)23/h5-11,15H,12-14H2,1-4H3,(H,24,27). The summed E-state index contributed by atoms with van der Waals surface area (Å²) in [6.45, 7) is 7.78. The van der Waals surface area contributed by atoms with E-state index < -0.39 is 0 Å². The number of carbonyl (C=O) groups is 2. The van der Waals surface area contributed by atoms with Gasteiger partial charge >= 0.3 is 0 Å². The third-order valence-corrected chi connectivity index (χ3v) is 4.52. The summed E-state index contributed by atoms with van der Waals surface area (Å²) in [6.07, 6.45) is 0.403. The van der Waals surface area contributed by atoms with Gasteiger partial charge in [-0.05, 0) is 42.0 Å². The van der Waals surface area contributed by atoms with E-state index in [4.69, 9.17) is 0 Å². The fourth-order valence-electron chi connectivity index (χ4n) is 3.10. The van der Waals surface area contributed by atoms with Gasteiger partial charge < -0.3 is 10.2 Å². The number of halogens is 1. The zero-order valence-electron chi connectivity index (χ0n) is 16.4. The lowest BCUT2D eigenvalue weighted by Gasteiger charge is -2.27. The highest BCUT2D eigenvalue weighted by Gasteiger charge is 2.21. The molecule has 0 aliphatic heterocycles. The van der Waals surface area contributed by atoms with E-state index in [1.807, 2.05) is 25.1 Å². The molecule has 0 aliphatic rings. The maximum atomic E-state index is 13.7. The lowest BCUT2D eigenvalue weighted by molar-refractivity contribution is -0.123. The molecule has 2 aromatic rings. The number of hydrogen-bond donors (Lipinski definition) is 1. The summed E-state index contributed by atoms with van der Waals surface area (Å²) in [5.74, 6) is -0.501. The molecule has 2 amide bonds. The molecule has 0 radical (unpaired) electrons. The Kier molecular flexibility index (Phi) is 7.11. The van der Waals surface area contributed by atoms with Crippen LogP contribution in [0.2, 0.25) is 0 Å². The lowest BCUT2D eigenvalue weighted by atomic mass is 9.97. The van der Waals surface area contributed by atoms with Gasteiger partial charge in [0.1, 0.15) is 12.4 Å². The molecule has 0 aromatic heterocycles. The summed E-state index contributed by atoms with van der Waals surface area (Å²) in [5, 5.41) is 2.78. The Hall–Kier alpha value is -2.69. The smallest absolute Gasteiger partial charge is 0.240 e. The first kappa shape index (κ1) is 20.6. The number of nitrogens with zero attached hydrogens (tertiary/aromatic N) is 1. The van der Waals surface area contributed by atoms with Gasteiger partial charge in [-0.1, -0.05) is 50.2 Å². The highest BCUT2D eigenvalue weighted by Crippen LogP contribution is 2.31. The molecule has 0 saturated heterocycles. The van der Waals surface area contributed by atoms with Crippen LogP contribution in [0, 0.1) is 12.7 Å². The molecular weight excluding hydrogens is 343 g/mol. The molecule has 0 aliphatic carbocycles. The van der Waals surface area contributed by atoms with Crippen molar-refractivity contribution in [1.29, 1.82) is 0 Å². The van der Waals surface area contributed by atoms with Crippen LogP contribution in [0.1, 0.15) is 43.4 Å². The average Bonchev–Trinajstić information content (AvgIpc) is 2.61. The maximum absolute atomic E-state index is 13.7. The van der Waals surface area contributed by atoms with Crippen molar-refractivity contribution in [2.45, 2.75) is 40.0 Å². The van der Waals surface area contributed by atoms with E-state index in [1.54, 1.807) is 18.2 Å². The Bertz CT molecular complexity index is 818. The number of para-hydroxylation sites is 1. The minimum absolute atomic E-state index is 0.0584. The zero-order valence-corrected chi connectivity index (χ0v) is 16.4. The molecular formula is C22H27FN2O2. The van der Waals surface area contributed by atoms with Gasteiger partial charge in [-0.2, -0.15) is 0 Å². The molecule has 144 valence electrons. The van der Waals surface area contributed by atoms with Crippen LogP contribution in [0.4, 0.5) is 10.1 Å². The quantitative estimate of drug-likeness (QED) is 0.802. The van der Waals surface area contributed by atoms with Crippen molar-refractivity contribution in [1.82, 2.24) is 5.32 Å². The Labute approximate surface area is 160 Å². The number of nitrogens with one attached hydrogen (secondary N) is 1. The number of aryl methyl sites for hydroxylation is 1. The van der Waals surface area contributed by atoms with E-state index in [-0.39, 0.29) is 30.1 Å². The number of benzene rings is 2. The topological polar surface area (TPSA) is 49.4 Å². The van der Waals surface area contributed by atoms with Crippen LogP contribution in [0.15, 0.2) is 42.5 Å². The SMILES string of the molecule is CC(=O)N(CC(=O)NCCc1ccccc1F)c1c(C)cccc1C(C)C. The first-order valence-corrected chi connectivity index (χ1v) is 9.19. The second kappa shape index (κ2) is 9.31. The minimum atomic E-state index is -0.279. The van der Waals surface area contributed by atoms with E-state index >= 15 is 0 Å². The van der Waals surface area contributed by atoms with Crippen LogP contribution in [0.5, 0.6) is 0 Å². The Morgan fingerprint density at radius 1 is 1.11 bits per heavy atom. The van der Waals surface area contributed by atoms with Crippen LogP contribution >= 0.6 is 0 Å². The second-order valence-corrected chi connectivity index (χ2v) is 6.96. The molecule has 0 bridgehead atoms. The molecule has 0 atom stereocenters. The summed E-state index contributed by atoms with van der Waals surface area (Å²) >= 11 is 0. The van der Waals surface area contributed by atoms with Crippen molar-refractivity contribution in [3.8, 4) is 0 Å². The van der Waals surface area contributed by atoms with Crippen molar-refractivity contribution in [3.05, 3.63) is 65.0 Å². The second-order valence-electron chi connectivity index (χ2n) is 6.96. The van der Waals surface area contributed by atoms with Crippen LogP contribution < -0.4 is 10.2 Å². The fraction of sp³-hybridized carbons (Fsp3) is 0.364. The van der Waals surface area contributed by atoms with Gasteiger partial charge in [0.25, 0.3) is 0 Å². The summed E-state index contributed by atoms with van der Waals surface area (Å²) in [6, 6.07) is 12.4. The van der Waals surface area contributed by atoms with Crippen molar-refractivity contribution >= 4 is 17.5 Å². The predicted octanol–water partition coefficient (Wildman–Crippen LogP) is 3.97. The number of rotatable bonds is 7. The van der Waals surface area contributed by atoms with Crippen molar-refractivity contribution < 1.29 is 14.0 Å². The summed E-state index contributed by atoms with van der Waals surface area (Å²) in [5.41, 5.74) is 3.34. The highest BCUT2D eigenvalue weighted by atomic mass is 19.1. The molecule has 2 rings (SSSR count). The summed E-state index contributed by atoms with van der Waals surface area (Å²) in [7, 11) is 0. The molecule has 4 nitrogen and oxygen atoms in total. The first-order valence-electron chi connectivity index (χ1n) is 9.19. The zero-order chi connectivity index (χ0) is 20.0. The molecule has 0 spiro atoms. The molecule has 1 N–H and O–H groups in total. The van der Waals surface area contributed by atoms with Crippen LogP contribution in [0.3, 0.4) is 0 Å². The normalized spacial score (nSPS) is 10.7. The maximum Gasteiger partial charge on any atom is 0.240 e. The van der Waals surface area contributed by atoms with E-state index in [2.05, 4.69) is 19.2 Å². The van der Waals surface area contributed by atoms with Gasteiger partial charge in [-0.25, -0.2) is 4.39 Å². The number of carbonyl (C=O) groups excluding carboxylic acids is 2. The van der Waals surface area contributed by atoms with Gasteiger partial charge in [0.15, 0.2) is 0 Å². The molecule has 0 heterocycles. The van der Waals surface area contributed by atoms with E-state index in [1.165, 1.54) is 17.9 Å². The average molecular weight is 370 g/mol. The Morgan fingerprint density at radius 2 is 1.81 bits per heavy atom. The van der Waals surface area contributed by atoms with Crippen molar-refractivity contribution in [3.63, 3.8) is 0 Å². The number of amides is 2.